The van der Waals surface area contributed by atoms with Crippen molar-refractivity contribution in [1.29, 1.82) is 0 Å². The SMILES string of the molecule is CCOc1ccc(CNc2ccc(C)c(Br)c2)cc1. The molecule has 0 atom stereocenters. The summed E-state index contributed by atoms with van der Waals surface area (Å²) < 4.78 is 6.55. The minimum absolute atomic E-state index is 0.703. The molecule has 0 fully saturated rings. The number of hydrogen-bond donors (Lipinski definition) is 1. The van der Waals surface area contributed by atoms with Gasteiger partial charge in [0.15, 0.2) is 0 Å². The zero-order chi connectivity index (χ0) is 13.7. The van der Waals surface area contributed by atoms with E-state index in [0.29, 0.717) is 6.61 Å². The van der Waals surface area contributed by atoms with Crippen LogP contribution >= 0.6 is 15.9 Å². The maximum absolute atomic E-state index is 5.43. The van der Waals surface area contributed by atoms with Gasteiger partial charge in [0.25, 0.3) is 0 Å². The fourth-order valence-corrected chi connectivity index (χ4v) is 2.16. The Hall–Kier alpha value is -1.48. The Morgan fingerprint density at radius 1 is 1.11 bits per heavy atom. The number of aryl methyl sites for hydroxylation is 1. The van der Waals surface area contributed by atoms with Crippen molar-refractivity contribution in [3.8, 4) is 5.75 Å². The molecular formula is C16H18BrNO. The smallest absolute Gasteiger partial charge is 0.119 e. The maximum atomic E-state index is 5.43. The van der Waals surface area contributed by atoms with Crippen LogP contribution in [0.25, 0.3) is 0 Å². The predicted molar refractivity (Wildman–Crippen MR) is 83.8 cm³/mol. The van der Waals surface area contributed by atoms with Crippen molar-refractivity contribution in [1.82, 2.24) is 0 Å². The van der Waals surface area contributed by atoms with Gasteiger partial charge in [-0.15, -0.1) is 0 Å². The number of hydrogen-bond acceptors (Lipinski definition) is 2. The van der Waals surface area contributed by atoms with Gasteiger partial charge in [-0.3, -0.25) is 0 Å². The first-order chi connectivity index (χ1) is 9.19. The Bertz CT molecular complexity index is 537. The minimum Gasteiger partial charge on any atom is -0.494 e. The fourth-order valence-electron chi connectivity index (χ4n) is 1.78. The highest BCUT2D eigenvalue weighted by Crippen LogP contribution is 2.21. The first kappa shape index (κ1) is 13.9. The summed E-state index contributed by atoms with van der Waals surface area (Å²) in [7, 11) is 0. The molecule has 2 aromatic carbocycles. The highest BCUT2D eigenvalue weighted by atomic mass is 79.9. The Kier molecular flexibility index (Phi) is 4.86. The zero-order valence-corrected chi connectivity index (χ0v) is 12.8. The molecule has 0 heterocycles. The van der Waals surface area contributed by atoms with Gasteiger partial charge in [0.1, 0.15) is 5.75 Å². The lowest BCUT2D eigenvalue weighted by atomic mass is 10.2. The number of benzene rings is 2. The summed E-state index contributed by atoms with van der Waals surface area (Å²) in [5.41, 5.74) is 3.60. The van der Waals surface area contributed by atoms with Crippen LogP contribution in [0.15, 0.2) is 46.9 Å². The van der Waals surface area contributed by atoms with Gasteiger partial charge in [0.2, 0.25) is 0 Å². The van der Waals surface area contributed by atoms with E-state index in [9.17, 15) is 0 Å². The fraction of sp³-hybridized carbons (Fsp3) is 0.250. The second-order valence-corrected chi connectivity index (χ2v) is 5.25. The van der Waals surface area contributed by atoms with Crippen LogP contribution in [-0.2, 0) is 6.54 Å². The summed E-state index contributed by atoms with van der Waals surface area (Å²) in [5.74, 6) is 0.921. The molecule has 2 nitrogen and oxygen atoms in total. The van der Waals surface area contributed by atoms with Crippen molar-refractivity contribution in [2.75, 3.05) is 11.9 Å². The van der Waals surface area contributed by atoms with E-state index >= 15 is 0 Å². The Labute approximate surface area is 122 Å². The summed E-state index contributed by atoms with van der Waals surface area (Å²) in [6, 6.07) is 14.5. The third kappa shape index (κ3) is 4.00. The molecule has 0 amide bonds. The van der Waals surface area contributed by atoms with E-state index in [1.807, 2.05) is 19.1 Å². The van der Waals surface area contributed by atoms with E-state index in [0.717, 1.165) is 22.5 Å². The highest BCUT2D eigenvalue weighted by molar-refractivity contribution is 9.10. The molecule has 0 aliphatic carbocycles. The van der Waals surface area contributed by atoms with Gasteiger partial charge in [0.05, 0.1) is 6.61 Å². The van der Waals surface area contributed by atoms with E-state index in [-0.39, 0.29) is 0 Å². The van der Waals surface area contributed by atoms with Gasteiger partial charge >= 0.3 is 0 Å². The summed E-state index contributed by atoms with van der Waals surface area (Å²) >= 11 is 3.54. The normalized spacial score (nSPS) is 10.3. The van der Waals surface area contributed by atoms with Gasteiger partial charge in [-0.2, -0.15) is 0 Å². The van der Waals surface area contributed by atoms with E-state index in [4.69, 9.17) is 4.74 Å². The first-order valence-corrected chi connectivity index (χ1v) is 7.20. The van der Waals surface area contributed by atoms with Crippen LogP contribution in [0.3, 0.4) is 0 Å². The van der Waals surface area contributed by atoms with Crippen LogP contribution in [0.4, 0.5) is 5.69 Å². The average Bonchev–Trinajstić information content (AvgIpc) is 2.42. The van der Waals surface area contributed by atoms with Crippen molar-refractivity contribution in [3.05, 3.63) is 58.1 Å². The molecule has 0 spiro atoms. The van der Waals surface area contributed by atoms with E-state index in [2.05, 4.69) is 58.5 Å². The lowest BCUT2D eigenvalue weighted by molar-refractivity contribution is 0.340. The third-order valence-electron chi connectivity index (χ3n) is 2.90. The molecule has 0 saturated heterocycles. The highest BCUT2D eigenvalue weighted by Gasteiger charge is 1.98. The van der Waals surface area contributed by atoms with Crippen LogP contribution < -0.4 is 10.1 Å². The number of halogens is 1. The van der Waals surface area contributed by atoms with Crippen molar-refractivity contribution in [3.63, 3.8) is 0 Å². The number of rotatable bonds is 5. The molecule has 0 aromatic heterocycles. The van der Waals surface area contributed by atoms with Crippen molar-refractivity contribution in [2.24, 2.45) is 0 Å². The van der Waals surface area contributed by atoms with E-state index in [1.165, 1.54) is 11.1 Å². The monoisotopic (exact) mass is 319 g/mol. The van der Waals surface area contributed by atoms with Crippen LogP contribution in [0.5, 0.6) is 5.75 Å². The van der Waals surface area contributed by atoms with Crippen molar-refractivity contribution >= 4 is 21.6 Å². The van der Waals surface area contributed by atoms with Crippen LogP contribution in [0.2, 0.25) is 0 Å². The van der Waals surface area contributed by atoms with Gasteiger partial charge in [-0.1, -0.05) is 34.1 Å². The molecule has 3 heteroatoms. The maximum Gasteiger partial charge on any atom is 0.119 e. The second-order valence-electron chi connectivity index (χ2n) is 4.39. The summed E-state index contributed by atoms with van der Waals surface area (Å²) in [5, 5.41) is 3.41. The van der Waals surface area contributed by atoms with Crippen LogP contribution in [0.1, 0.15) is 18.1 Å². The molecule has 0 bridgehead atoms. The lowest BCUT2D eigenvalue weighted by Crippen LogP contribution is -1.99. The van der Waals surface area contributed by atoms with E-state index < -0.39 is 0 Å². The van der Waals surface area contributed by atoms with Gasteiger partial charge in [0, 0.05) is 16.7 Å². The van der Waals surface area contributed by atoms with Gasteiger partial charge < -0.3 is 10.1 Å². The molecule has 2 rings (SSSR count). The molecule has 0 saturated carbocycles. The minimum atomic E-state index is 0.703. The molecule has 0 aliphatic rings. The molecule has 0 radical (unpaired) electrons. The number of nitrogens with one attached hydrogen (secondary N) is 1. The lowest BCUT2D eigenvalue weighted by Gasteiger charge is -2.09. The zero-order valence-electron chi connectivity index (χ0n) is 11.2. The van der Waals surface area contributed by atoms with Gasteiger partial charge in [-0.25, -0.2) is 0 Å². The molecular weight excluding hydrogens is 302 g/mol. The Balaban J connectivity index is 1.96. The van der Waals surface area contributed by atoms with Gasteiger partial charge in [-0.05, 0) is 49.2 Å². The summed E-state index contributed by atoms with van der Waals surface area (Å²) in [4.78, 5) is 0. The van der Waals surface area contributed by atoms with Crippen LogP contribution in [0, 0.1) is 6.92 Å². The standard InChI is InChI=1S/C16H18BrNO/c1-3-19-15-8-5-13(6-9-15)11-18-14-7-4-12(2)16(17)10-14/h4-10,18H,3,11H2,1-2H3. The average molecular weight is 320 g/mol. The first-order valence-electron chi connectivity index (χ1n) is 6.41. The summed E-state index contributed by atoms with van der Waals surface area (Å²) in [6.45, 7) is 5.59. The Morgan fingerprint density at radius 3 is 2.47 bits per heavy atom. The number of ether oxygens (including phenoxy) is 1. The molecule has 19 heavy (non-hydrogen) atoms. The molecule has 0 aliphatic heterocycles. The molecule has 1 N–H and O–H groups in total. The molecule has 100 valence electrons. The summed E-state index contributed by atoms with van der Waals surface area (Å²) in [6.07, 6.45) is 0. The third-order valence-corrected chi connectivity index (χ3v) is 3.76. The second kappa shape index (κ2) is 6.62. The van der Waals surface area contributed by atoms with E-state index in [1.54, 1.807) is 0 Å². The molecule has 0 unspecified atom stereocenters. The van der Waals surface area contributed by atoms with Crippen LogP contribution in [-0.4, -0.2) is 6.61 Å². The number of anilines is 1. The Morgan fingerprint density at radius 2 is 1.84 bits per heavy atom. The topological polar surface area (TPSA) is 21.3 Å². The largest absolute Gasteiger partial charge is 0.494 e. The van der Waals surface area contributed by atoms with Crippen molar-refractivity contribution in [2.45, 2.75) is 20.4 Å². The van der Waals surface area contributed by atoms with Crippen molar-refractivity contribution < 1.29 is 4.74 Å². The quantitative estimate of drug-likeness (QED) is 0.857. The molecule has 2 aromatic rings. The predicted octanol–water partition coefficient (Wildman–Crippen LogP) is 4.77.